The largest absolute Gasteiger partial charge is 0.398 e. The van der Waals surface area contributed by atoms with Crippen molar-refractivity contribution in [3.05, 3.63) is 71.4 Å². The number of nitrogens with two attached hydrogens (primary N) is 2. The van der Waals surface area contributed by atoms with Gasteiger partial charge in [-0.1, -0.05) is 32.0 Å². The molecular weight excluding hydrogens is 324 g/mol. The number of hydrogen-bond acceptors (Lipinski definition) is 6. The lowest BCUT2D eigenvalue weighted by Gasteiger charge is -2.13. The van der Waals surface area contributed by atoms with Gasteiger partial charge in [0.05, 0.1) is 5.71 Å². The smallest absolute Gasteiger partial charge is 0.221 e. The van der Waals surface area contributed by atoms with Gasteiger partial charge in [0, 0.05) is 28.7 Å². The predicted octanol–water partition coefficient (Wildman–Crippen LogP) is 3.92. The molecule has 0 spiro atoms. The molecule has 0 atom stereocenters. The van der Waals surface area contributed by atoms with Crippen LogP contribution in [-0.4, -0.2) is 15.7 Å². The number of anilines is 4. The van der Waals surface area contributed by atoms with Gasteiger partial charge in [0.15, 0.2) is 0 Å². The second kappa shape index (κ2) is 7.23. The summed E-state index contributed by atoms with van der Waals surface area (Å²) in [6.45, 7) is 4.27. The molecule has 0 unspecified atom stereocenters. The van der Waals surface area contributed by atoms with Gasteiger partial charge in [-0.3, -0.25) is 5.41 Å². The van der Waals surface area contributed by atoms with E-state index in [-0.39, 0.29) is 5.95 Å². The highest BCUT2D eigenvalue weighted by atomic mass is 15.1. The minimum atomic E-state index is 0.198. The Morgan fingerprint density at radius 3 is 2.62 bits per heavy atom. The molecule has 0 amide bonds. The quantitative estimate of drug-likeness (QED) is 0.413. The number of nitrogens with one attached hydrogen (secondary N) is 2. The third-order valence-electron chi connectivity index (χ3n) is 4.11. The summed E-state index contributed by atoms with van der Waals surface area (Å²) in [6.07, 6.45) is 1.59. The molecule has 6 heteroatoms. The Bertz CT molecular complexity index is 949. The van der Waals surface area contributed by atoms with Gasteiger partial charge in [-0.05, 0) is 41.8 Å². The second-order valence-electron chi connectivity index (χ2n) is 6.38. The number of nitrogen functional groups attached to an aromatic ring is 2. The SMILES string of the molecule is CC(C)c1cccc(C(=N)c2cc(Nc3ccnc(N)n3)ccc2N)c1. The van der Waals surface area contributed by atoms with E-state index in [9.17, 15) is 0 Å². The fraction of sp³-hybridized carbons (Fsp3) is 0.150. The summed E-state index contributed by atoms with van der Waals surface area (Å²) in [5.41, 5.74) is 16.2. The zero-order chi connectivity index (χ0) is 18.7. The van der Waals surface area contributed by atoms with Crippen LogP contribution in [0, 0.1) is 5.41 Å². The van der Waals surface area contributed by atoms with E-state index in [1.165, 1.54) is 5.56 Å². The van der Waals surface area contributed by atoms with Crippen LogP contribution in [-0.2, 0) is 0 Å². The third-order valence-corrected chi connectivity index (χ3v) is 4.11. The summed E-state index contributed by atoms with van der Waals surface area (Å²) in [5, 5.41) is 11.8. The first kappa shape index (κ1) is 17.4. The second-order valence-corrected chi connectivity index (χ2v) is 6.38. The maximum atomic E-state index is 8.61. The van der Waals surface area contributed by atoms with E-state index < -0.39 is 0 Å². The molecule has 0 saturated heterocycles. The molecule has 0 fully saturated rings. The van der Waals surface area contributed by atoms with Gasteiger partial charge in [-0.25, -0.2) is 4.98 Å². The molecule has 2 aromatic carbocycles. The number of aromatic nitrogens is 2. The Morgan fingerprint density at radius 1 is 1.08 bits per heavy atom. The lowest BCUT2D eigenvalue weighted by atomic mass is 9.95. The maximum Gasteiger partial charge on any atom is 0.221 e. The molecule has 1 aromatic heterocycles. The van der Waals surface area contributed by atoms with Crippen molar-refractivity contribution in [2.45, 2.75) is 19.8 Å². The average molecular weight is 346 g/mol. The molecule has 6 nitrogen and oxygen atoms in total. The Labute approximate surface area is 152 Å². The van der Waals surface area contributed by atoms with Gasteiger partial charge in [-0.15, -0.1) is 0 Å². The highest BCUT2D eigenvalue weighted by molar-refractivity contribution is 6.14. The summed E-state index contributed by atoms with van der Waals surface area (Å²) in [5.74, 6) is 1.18. The Kier molecular flexibility index (Phi) is 4.84. The van der Waals surface area contributed by atoms with Crippen LogP contribution in [0.2, 0.25) is 0 Å². The molecule has 0 bridgehead atoms. The van der Waals surface area contributed by atoms with Crippen LogP contribution in [0.4, 0.5) is 23.1 Å². The molecule has 0 aliphatic heterocycles. The van der Waals surface area contributed by atoms with Crippen LogP contribution in [0.3, 0.4) is 0 Å². The summed E-state index contributed by atoms with van der Waals surface area (Å²) >= 11 is 0. The maximum absolute atomic E-state index is 8.61. The summed E-state index contributed by atoms with van der Waals surface area (Å²) in [4.78, 5) is 8.00. The molecule has 3 aromatic rings. The van der Waals surface area contributed by atoms with Crippen LogP contribution in [0.1, 0.15) is 36.5 Å². The van der Waals surface area contributed by atoms with Crippen LogP contribution >= 0.6 is 0 Å². The standard InChI is InChI=1S/C20H22N6/c1-12(2)13-4-3-5-14(10-13)19(22)16-11-15(6-7-17(16)21)25-18-8-9-24-20(23)26-18/h3-12,22H,21H2,1-2H3,(H3,23,24,25,26). The van der Waals surface area contributed by atoms with E-state index in [0.717, 1.165) is 11.3 Å². The van der Waals surface area contributed by atoms with Crippen molar-refractivity contribution in [3.63, 3.8) is 0 Å². The van der Waals surface area contributed by atoms with Gasteiger partial charge < -0.3 is 16.8 Å². The first-order valence-electron chi connectivity index (χ1n) is 8.38. The number of nitrogens with zero attached hydrogens (tertiary/aromatic N) is 2. The van der Waals surface area contributed by atoms with Crippen molar-refractivity contribution in [2.24, 2.45) is 0 Å². The first-order valence-corrected chi connectivity index (χ1v) is 8.38. The summed E-state index contributed by atoms with van der Waals surface area (Å²) < 4.78 is 0. The highest BCUT2D eigenvalue weighted by Gasteiger charge is 2.11. The van der Waals surface area contributed by atoms with E-state index >= 15 is 0 Å². The fourth-order valence-electron chi connectivity index (χ4n) is 2.65. The van der Waals surface area contributed by atoms with Crippen LogP contribution in [0.5, 0.6) is 0 Å². The van der Waals surface area contributed by atoms with Gasteiger partial charge in [0.2, 0.25) is 5.95 Å². The monoisotopic (exact) mass is 346 g/mol. The van der Waals surface area contributed by atoms with Crippen LogP contribution < -0.4 is 16.8 Å². The van der Waals surface area contributed by atoms with E-state index in [1.54, 1.807) is 18.3 Å². The van der Waals surface area contributed by atoms with Gasteiger partial charge in [0.1, 0.15) is 5.82 Å². The van der Waals surface area contributed by atoms with E-state index in [0.29, 0.717) is 28.7 Å². The average Bonchev–Trinajstić information content (AvgIpc) is 2.63. The van der Waals surface area contributed by atoms with Crippen molar-refractivity contribution >= 4 is 28.9 Å². The zero-order valence-electron chi connectivity index (χ0n) is 14.8. The third kappa shape index (κ3) is 3.80. The minimum absolute atomic E-state index is 0.198. The van der Waals surface area contributed by atoms with Crippen molar-refractivity contribution in [1.82, 2.24) is 9.97 Å². The molecule has 26 heavy (non-hydrogen) atoms. The normalized spacial score (nSPS) is 10.7. The molecule has 0 aliphatic rings. The van der Waals surface area contributed by atoms with Crippen molar-refractivity contribution in [2.75, 3.05) is 16.8 Å². The van der Waals surface area contributed by atoms with Crippen molar-refractivity contribution in [1.29, 1.82) is 5.41 Å². The molecule has 0 radical (unpaired) electrons. The molecule has 3 rings (SSSR count). The lowest BCUT2D eigenvalue weighted by Crippen LogP contribution is -2.07. The highest BCUT2D eigenvalue weighted by Crippen LogP contribution is 2.24. The number of rotatable bonds is 5. The Hall–Kier alpha value is -3.41. The Morgan fingerprint density at radius 2 is 1.88 bits per heavy atom. The molecule has 0 saturated carbocycles. The molecule has 132 valence electrons. The lowest BCUT2D eigenvalue weighted by molar-refractivity contribution is 0.866. The number of benzene rings is 2. The first-order chi connectivity index (χ1) is 12.4. The number of hydrogen-bond donors (Lipinski definition) is 4. The fourth-order valence-corrected chi connectivity index (χ4v) is 2.65. The molecule has 1 heterocycles. The van der Waals surface area contributed by atoms with E-state index in [2.05, 4.69) is 35.2 Å². The predicted molar refractivity (Wildman–Crippen MR) is 107 cm³/mol. The van der Waals surface area contributed by atoms with E-state index in [4.69, 9.17) is 16.9 Å². The van der Waals surface area contributed by atoms with Crippen molar-refractivity contribution in [3.8, 4) is 0 Å². The van der Waals surface area contributed by atoms with Crippen LogP contribution in [0.15, 0.2) is 54.7 Å². The van der Waals surface area contributed by atoms with E-state index in [1.807, 2.05) is 30.3 Å². The summed E-state index contributed by atoms with van der Waals surface area (Å²) in [6, 6.07) is 15.2. The van der Waals surface area contributed by atoms with Gasteiger partial charge >= 0.3 is 0 Å². The van der Waals surface area contributed by atoms with Gasteiger partial charge in [0.25, 0.3) is 0 Å². The summed E-state index contributed by atoms with van der Waals surface area (Å²) in [7, 11) is 0. The topological polar surface area (TPSA) is 114 Å². The molecule has 0 aliphatic carbocycles. The molecular formula is C20H22N6. The minimum Gasteiger partial charge on any atom is -0.398 e. The van der Waals surface area contributed by atoms with Crippen LogP contribution in [0.25, 0.3) is 0 Å². The van der Waals surface area contributed by atoms with Gasteiger partial charge in [-0.2, -0.15) is 4.98 Å². The zero-order valence-corrected chi connectivity index (χ0v) is 14.8. The molecule has 6 N–H and O–H groups in total. The Balaban J connectivity index is 1.92. The van der Waals surface area contributed by atoms with Crippen molar-refractivity contribution < 1.29 is 0 Å².